The fourth-order valence-electron chi connectivity index (χ4n) is 2.08. The number of rotatable bonds is 7. The van der Waals surface area contributed by atoms with Gasteiger partial charge in [0.05, 0.1) is 13.7 Å². The summed E-state index contributed by atoms with van der Waals surface area (Å²) in [6.45, 7) is 1.93. The second-order valence-corrected chi connectivity index (χ2v) is 6.32. The van der Waals surface area contributed by atoms with Crippen LogP contribution >= 0.6 is 11.3 Å². The fourth-order valence-corrected chi connectivity index (χ4v) is 2.87. The highest BCUT2D eigenvalue weighted by Crippen LogP contribution is 2.24. The summed E-state index contributed by atoms with van der Waals surface area (Å²) >= 11 is 1.48. The van der Waals surface area contributed by atoms with Gasteiger partial charge in [-0.2, -0.15) is 0 Å². The zero-order valence-electron chi connectivity index (χ0n) is 12.8. The molecule has 0 bridgehead atoms. The smallest absolute Gasteiger partial charge is 0.220 e. The topological polar surface area (TPSA) is 58.6 Å². The van der Waals surface area contributed by atoms with E-state index in [0.29, 0.717) is 12.8 Å². The Morgan fingerprint density at radius 2 is 2.05 bits per heavy atom. The summed E-state index contributed by atoms with van der Waals surface area (Å²) in [6.07, 6.45) is 1.06. The number of benzene rings is 1. The lowest BCUT2D eigenvalue weighted by atomic mass is 10.0. The first-order valence-corrected chi connectivity index (χ1v) is 8.05. The Labute approximate surface area is 134 Å². The van der Waals surface area contributed by atoms with Crippen LogP contribution in [-0.4, -0.2) is 24.7 Å². The average Bonchev–Trinajstić information content (AvgIpc) is 3.07. The monoisotopic (exact) mass is 319 g/mol. The van der Waals surface area contributed by atoms with Crippen LogP contribution in [0.3, 0.4) is 0 Å². The third-order valence-corrected chi connectivity index (χ3v) is 4.60. The standard InChI is InChI=1S/C17H21NO3S/c1-17(20,15-4-3-11-22-15)12-18-16(19)10-7-13-5-8-14(21-2)9-6-13/h3-6,8-9,11,20H,7,10,12H2,1-2H3,(H,18,19). The van der Waals surface area contributed by atoms with Gasteiger partial charge in [-0.3, -0.25) is 4.79 Å². The minimum absolute atomic E-state index is 0.0624. The average molecular weight is 319 g/mol. The van der Waals surface area contributed by atoms with Crippen molar-refractivity contribution in [2.24, 2.45) is 0 Å². The van der Waals surface area contributed by atoms with E-state index in [0.717, 1.165) is 16.2 Å². The Bertz CT molecular complexity index is 591. The molecule has 5 heteroatoms. The summed E-state index contributed by atoms with van der Waals surface area (Å²) in [4.78, 5) is 12.8. The molecule has 0 spiro atoms. The summed E-state index contributed by atoms with van der Waals surface area (Å²) in [5.41, 5.74) is 0.0604. The lowest BCUT2D eigenvalue weighted by molar-refractivity contribution is -0.122. The van der Waals surface area contributed by atoms with Gasteiger partial charge in [0.25, 0.3) is 0 Å². The van der Waals surface area contributed by atoms with E-state index in [1.165, 1.54) is 11.3 Å². The number of hydrogen-bond donors (Lipinski definition) is 2. The minimum atomic E-state index is -1.02. The van der Waals surface area contributed by atoms with E-state index >= 15 is 0 Å². The molecule has 2 rings (SSSR count). The first-order valence-electron chi connectivity index (χ1n) is 7.17. The normalized spacial score (nSPS) is 13.4. The lowest BCUT2D eigenvalue weighted by Crippen LogP contribution is -2.38. The molecule has 1 amide bonds. The number of carbonyl (C=O) groups excluding carboxylic acids is 1. The van der Waals surface area contributed by atoms with Gasteiger partial charge in [-0.05, 0) is 42.5 Å². The molecule has 0 saturated carbocycles. The Morgan fingerprint density at radius 3 is 2.64 bits per heavy atom. The van der Waals surface area contributed by atoms with Crippen LogP contribution in [-0.2, 0) is 16.8 Å². The molecule has 0 radical (unpaired) electrons. The molecular weight excluding hydrogens is 298 g/mol. The van der Waals surface area contributed by atoms with Crippen LogP contribution in [0.15, 0.2) is 41.8 Å². The Balaban J connectivity index is 1.78. The molecule has 2 aromatic rings. The molecule has 0 aliphatic rings. The summed E-state index contributed by atoms with van der Waals surface area (Å²) in [7, 11) is 1.63. The highest BCUT2D eigenvalue weighted by atomic mass is 32.1. The number of aryl methyl sites for hydroxylation is 1. The summed E-state index contributed by atoms with van der Waals surface area (Å²) < 4.78 is 5.10. The number of thiophene rings is 1. The number of ether oxygens (including phenoxy) is 1. The van der Waals surface area contributed by atoms with Gasteiger partial charge in [-0.25, -0.2) is 0 Å². The molecule has 1 atom stereocenters. The predicted octanol–water partition coefficient (Wildman–Crippen LogP) is 2.71. The largest absolute Gasteiger partial charge is 0.497 e. The van der Waals surface area contributed by atoms with Gasteiger partial charge in [-0.15, -0.1) is 11.3 Å². The fraction of sp³-hybridized carbons (Fsp3) is 0.353. The maximum atomic E-state index is 11.9. The maximum absolute atomic E-state index is 11.9. The van der Waals surface area contributed by atoms with Gasteiger partial charge in [0.1, 0.15) is 11.4 Å². The highest BCUT2D eigenvalue weighted by molar-refractivity contribution is 7.10. The van der Waals surface area contributed by atoms with Crippen molar-refractivity contribution in [1.29, 1.82) is 0 Å². The van der Waals surface area contributed by atoms with E-state index in [1.807, 2.05) is 41.8 Å². The zero-order valence-corrected chi connectivity index (χ0v) is 13.7. The van der Waals surface area contributed by atoms with E-state index in [2.05, 4.69) is 5.32 Å². The van der Waals surface area contributed by atoms with Crippen LogP contribution < -0.4 is 10.1 Å². The van der Waals surface area contributed by atoms with Crippen LogP contribution in [0, 0.1) is 0 Å². The van der Waals surface area contributed by atoms with E-state index < -0.39 is 5.60 Å². The van der Waals surface area contributed by atoms with Gasteiger partial charge in [0.15, 0.2) is 0 Å². The van der Waals surface area contributed by atoms with Crippen LogP contribution in [0.2, 0.25) is 0 Å². The van der Waals surface area contributed by atoms with Crippen LogP contribution in [0.1, 0.15) is 23.8 Å². The van der Waals surface area contributed by atoms with Crippen molar-refractivity contribution in [1.82, 2.24) is 5.32 Å². The molecule has 118 valence electrons. The molecule has 1 heterocycles. The van der Waals surface area contributed by atoms with Gasteiger partial charge >= 0.3 is 0 Å². The van der Waals surface area contributed by atoms with Gasteiger partial charge < -0.3 is 15.2 Å². The number of hydrogen-bond acceptors (Lipinski definition) is 4. The number of amides is 1. The third kappa shape index (κ3) is 4.58. The Morgan fingerprint density at radius 1 is 1.32 bits per heavy atom. The van der Waals surface area contributed by atoms with Crippen LogP contribution in [0.4, 0.5) is 0 Å². The van der Waals surface area contributed by atoms with E-state index in [4.69, 9.17) is 4.74 Å². The highest BCUT2D eigenvalue weighted by Gasteiger charge is 2.24. The first-order chi connectivity index (χ1) is 10.5. The van der Waals surface area contributed by atoms with Gasteiger partial charge in [0.2, 0.25) is 5.91 Å². The zero-order chi connectivity index (χ0) is 16.0. The van der Waals surface area contributed by atoms with Crippen molar-refractivity contribution < 1.29 is 14.6 Å². The molecule has 2 N–H and O–H groups in total. The summed E-state index contributed by atoms with van der Waals surface area (Å²) in [6, 6.07) is 11.4. The first kappa shape index (κ1) is 16.5. The second-order valence-electron chi connectivity index (χ2n) is 5.38. The Hall–Kier alpha value is -1.85. The number of methoxy groups -OCH3 is 1. The molecular formula is C17H21NO3S. The molecule has 1 aromatic heterocycles. The van der Waals surface area contributed by atoms with Crippen molar-refractivity contribution in [2.45, 2.75) is 25.4 Å². The predicted molar refractivity (Wildman–Crippen MR) is 88.2 cm³/mol. The van der Waals surface area contributed by atoms with E-state index in [9.17, 15) is 9.90 Å². The Kier molecular flexibility index (Phi) is 5.57. The van der Waals surface area contributed by atoms with E-state index in [-0.39, 0.29) is 12.5 Å². The number of carbonyl (C=O) groups is 1. The number of nitrogens with one attached hydrogen (secondary N) is 1. The molecule has 1 unspecified atom stereocenters. The maximum Gasteiger partial charge on any atom is 0.220 e. The lowest BCUT2D eigenvalue weighted by Gasteiger charge is -2.22. The molecule has 0 saturated heterocycles. The second kappa shape index (κ2) is 7.42. The molecule has 1 aromatic carbocycles. The molecule has 0 fully saturated rings. The SMILES string of the molecule is COc1ccc(CCC(=O)NCC(C)(O)c2cccs2)cc1. The quantitative estimate of drug-likeness (QED) is 0.825. The third-order valence-electron chi connectivity index (χ3n) is 3.48. The van der Waals surface area contributed by atoms with Crippen molar-refractivity contribution in [3.8, 4) is 5.75 Å². The number of aliphatic hydroxyl groups is 1. The van der Waals surface area contributed by atoms with E-state index in [1.54, 1.807) is 14.0 Å². The minimum Gasteiger partial charge on any atom is -0.497 e. The van der Waals surface area contributed by atoms with Crippen LogP contribution in [0.25, 0.3) is 0 Å². The molecule has 4 nitrogen and oxygen atoms in total. The van der Waals surface area contributed by atoms with Crippen molar-refractivity contribution in [3.63, 3.8) is 0 Å². The van der Waals surface area contributed by atoms with Gasteiger partial charge in [-0.1, -0.05) is 18.2 Å². The summed E-state index contributed by atoms with van der Waals surface area (Å²) in [5, 5.41) is 15.1. The van der Waals surface area contributed by atoms with Crippen molar-refractivity contribution in [2.75, 3.05) is 13.7 Å². The molecule has 0 aliphatic carbocycles. The van der Waals surface area contributed by atoms with Crippen LogP contribution in [0.5, 0.6) is 5.75 Å². The van der Waals surface area contributed by atoms with Gasteiger partial charge in [0, 0.05) is 11.3 Å². The van der Waals surface area contributed by atoms with Crippen molar-refractivity contribution >= 4 is 17.2 Å². The van der Waals surface area contributed by atoms with Crippen molar-refractivity contribution in [3.05, 3.63) is 52.2 Å². The molecule has 0 aliphatic heterocycles. The summed E-state index contributed by atoms with van der Waals surface area (Å²) in [5.74, 6) is 0.743. The molecule has 22 heavy (non-hydrogen) atoms.